The Bertz CT molecular complexity index is 949. The number of benzene rings is 2. The van der Waals surface area contributed by atoms with Gasteiger partial charge < -0.3 is 9.64 Å². The minimum atomic E-state index is -0.548. The number of hydrogen-bond donors (Lipinski definition) is 0. The van der Waals surface area contributed by atoms with Crippen LogP contribution in [0.3, 0.4) is 0 Å². The quantitative estimate of drug-likeness (QED) is 0.709. The first kappa shape index (κ1) is 15.5. The molecule has 0 fully saturated rings. The number of hydrogen-bond acceptors (Lipinski definition) is 3. The molecule has 4 rings (SSSR count). The second-order valence-electron chi connectivity index (χ2n) is 7.09. The Hall–Kier alpha value is -2.99. The van der Waals surface area contributed by atoms with Crippen molar-refractivity contribution in [3.63, 3.8) is 0 Å². The second kappa shape index (κ2) is 5.26. The number of nitrogens with zero attached hydrogens (tertiary/aromatic N) is 2. The van der Waals surface area contributed by atoms with Crippen molar-refractivity contribution >= 4 is 17.8 Å². The highest BCUT2D eigenvalue weighted by molar-refractivity contribution is 5.73. The van der Waals surface area contributed by atoms with Crippen molar-refractivity contribution < 1.29 is 4.74 Å². The molecule has 0 N–H and O–H groups in total. The van der Waals surface area contributed by atoms with Crippen molar-refractivity contribution in [2.45, 2.75) is 25.0 Å². The normalized spacial score (nSPS) is 22.6. The minimum absolute atomic E-state index is 0.189. The van der Waals surface area contributed by atoms with Gasteiger partial charge in [-0.15, -0.1) is 0 Å². The van der Waals surface area contributed by atoms with Crippen LogP contribution in [0.2, 0.25) is 0 Å². The Morgan fingerprint density at radius 3 is 2.72 bits per heavy atom. The number of likely N-dealkylation sites (N-methyl/N-ethyl adjacent to an activating group) is 1. The van der Waals surface area contributed by atoms with E-state index in [1.165, 1.54) is 17.3 Å². The fourth-order valence-corrected chi connectivity index (χ4v) is 4.03. The molecule has 0 bridgehead atoms. The van der Waals surface area contributed by atoms with Crippen LogP contribution in [0.15, 0.2) is 54.6 Å². The molecule has 2 heterocycles. The number of anilines is 1. The summed E-state index contributed by atoms with van der Waals surface area (Å²) in [5.41, 5.74) is 3.78. The van der Waals surface area contributed by atoms with Crippen LogP contribution >= 0.6 is 0 Å². The van der Waals surface area contributed by atoms with Crippen molar-refractivity contribution in [1.82, 2.24) is 0 Å². The third-order valence-electron chi connectivity index (χ3n) is 5.47. The molecule has 25 heavy (non-hydrogen) atoms. The Balaban J connectivity index is 1.79. The van der Waals surface area contributed by atoms with E-state index in [4.69, 9.17) is 10.00 Å². The molecule has 0 saturated carbocycles. The van der Waals surface area contributed by atoms with Crippen molar-refractivity contribution in [3.05, 3.63) is 71.3 Å². The maximum atomic E-state index is 8.70. The van der Waals surface area contributed by atoms with E-state index < -0.39 is 5.72 Å². The first-order chi connectivity index (χ1) is 12.0. The number of fused-ring (bicyclic) bond motifs is 2. The van der Waals surface area contributed by atoms with Crippen LogP contribution in [-0.4, -0.2) is 12.8 Å². The van der Waals surface area contributed by atoms with Gasteiger partial charge in [-0.2, -0.15) is 5.26 Å². The van der Waals surface area contributed by atoms with Gasteiger partial charge in [0.25, 0.3) is 0 Å². The maximum Gasteiger partial charge on any atom is 0.211 e. The maximum absolute atomic E-state index is 8.70. The molecule has 0 saturated heterocycles. The number of rotatable bonds is 1. The van der Waals surface area contributed by atoms with E-state index in [-0.39, 0.29) is 5.41 Å². The van der Waals surface area contributed by atoms with Gasteiger partial charge in [-0.05, 0) is 61.4 Å². The molecular weight excluding hydrogens is 308 g/mol. The number of para-hydroxylation sites is 1. The summed E-state index contributed by atoms with van der Waals surface area (Å²) in [5.74, 6) is 0.865. The number of nitriles is 1. The molecule has 0 aliphatic carbocycles. The van der Waals surface area contributed by atoms with E-state index in [0.717, 1.165) is 16.9 Å². The smallest absolute Gasteiger partial charge is 0.211 e. The standard InChI is InChI=1S/C22H20N2O/c1-21(2)18-8-4-5-9-19(18)24(3)22(21)13-12-17-15-16(7-6-14-23)10-11-20(17)25-22/h4-13,15H,1-3H3/b7-6+. The van der Waals surface area contributed by atoms with Gasteiger partial charge in [-0.1, -0.05) is 24.3 Å². The lowest BCUT2D eigenvalue weighted by Crippen LogP contribution is -2.58. The second-order valence-corrected chi connectivity index (χ2v) is 7.09. The van der Waals surface area contributed by atoms with Gasteiger partial charge in [0.1, 0.15) is 5.75 Å². The number of ether oxygens (including phenoxy) is 1. The van der Waals surface area contributed by atoms with Gasteiger partial charge in [0.05, 0.1) is 11.5 Å². The van der Waals surface area contributed by atoms with Gasteiger partial charge in [-0.3, -0.25) is 0 Å². The molecule has 2 aliphatic rings. The van der Waals surface area contributed by atoms with Crippen LogP contribution in [0.4, 0.5) is 5.69 Å². The minimum Gasteiger partial charge on any atom is -0.463 e. The van der Waals surface area contributed by atoms with Crippen molar-refractivity contribution in [2.24, 2.45) is 0 Å². The Kier molecular flexibility index (Phi) is 3.27. The Labute approximate surface area is 148 Å². The van der Waals surface area contributed by atoms with Crippen LogP contribution < -0.4 is 9.64 Å². The zero-order chi connectivity index (χ0) is 17.7. The van der Waals surface area contributed by atoms with Crippen LogP contribution in [0.25, 0.3) is 12.2 Å². The third-order valence-corrected chi connectivity index (χ3v) is 5.47. The SMILES string of the molecule is CN1c2ccccc2C(C)(C)C12C=Cc1cc(/C=C/C#N)ccc1O2. The summed E-state index contributed by atoms with van der Waals surface area (Å²) in [4.78, 5) is 2.23. The summed E-state index contributed by atoms with van der Waals surface area (Å²) < 4.78 is 6.60. The van der Waals surface area contributed by atoms with Crippen LogP contribution in [0.1, 0.15) is 30.5 Å². The summed E-state index contributed by atoms with van der Waals surface area (Å²) in [7, 11) is 2.09. The summed E-state index contributed by atoms with van der Waals surface area (Å²) in [6, 6.07) is 16.5. The molecule has 0 amide bonds. The van der Waals surface area contributed by atoms with Crippen LogP contribution in [0, 0.1) is 11.3 Å². The molecular formula is C22H20N2O. The third kappa shape index (κ3) is 2.04. The first-order valence-electron chi connectivity index (χ1n) is 8.41. The molecule has 1 unspecified atom stereocenters. The first-order valence-corrected chi connectivity index (χ1v) is 8.41. The zero-order valence-corrected chi connectivity index (χ0v) is 14.7. The Morgan fingerprint density at radius 1 is 1.16 bits per heavy atom. The van der Waals surface area contributed by atoms with Gasteiger partial charge >= 0.3 is 0 Å². The largest absolute Gasteiger partial charge is 0.463 e. The van der Waals surface area contributed by atoms with E-state index in [2.05, 4.69) is 62.2 Å². The molecule has 2 aromatic carbocycles. The fraction of sp³-hybridized carbons (Fsp3) is 0.227. The lowest BCUT2D eigenvalue weighted by Gasteiger charge is -2.45. The molecule has 0 radical (unpaired) electrons. The van der Waals surface area contributed by atoms with Crippen molar-refractivity contribution in [3.8, 4) is 11.8 Å². The van der Waals surface area contributed by atoms with Gasteiger partial charge in [0.2, 0.25) is 5.72 Å². The molecule has 2 aliphatic heterocycles. The molecule has 0 aromatic heterocycles. The monoisotopic (exact) mass is 328 g/mol. The lowest BCUT2D eigenvalue weighted by atomic mass is 9.76. The highest BCUT2D eigenvalue weighted by Gasteiger charge is 2.57. The van der Waals surface area contributed by atoms with E-state index in [1.807, 2.05) is 24.3 Å². The molecule has 3 heteroatoms. The average Bonchev–Trinajstić information content (AvgIpc) is 2.79. The summed E-state index contributed by atoms with van der Waals surface area (Å²) >= 11 is 0. The molecule has 1 spiro atoms. The number of allylic oxidation sites excluding steroid dienone is 1. The average molecular weight is 328 g/mol. The highest BCUT2D eigenvalue weighted by Crippen LogP contribution is 2.54. The van der Waals surface area contributed by atoms with Gasteiger partial charge in [0.15, 0.2) is 0 Å². The molecule has 3 nitrogen and oxygen atoms in total. The molecule has 124 valence electrons. The fourth-order valence-electron chi connectivity index (χ4n) is 4.03. The van der Waals surface area contributed by atoms with Gasteiger partial charge in [-0.25, -0.2) is 0 Å². The summed E-state index contributed by atoms with van der Waals surface area (Å²) in [6.45, 7) is 4.46. The highest BCUT2D eigenvalue weighted by atomic mass is 16.5. The predicted octanol–water partition coefficient (Wildman–Crippen LogP) is 4.75. The van der Waals surface area contributed by atoms with Gasteiger partial charge in [0, 0.05) is 24.4 Å². The van der Waals surface area contributed by atoms with E-state index in [0.29, 0.717) is 0 Å². The molecule has 2 aromatic rings. The molecule has 1 atom stereocenters. The summed E-state index contributed by atoms with van der Waals surface area (Å²) in [5, 5.41) is 8.70. The Morgan fingerprint density at radius 2 is 1.96 bits per heavy atom. The van der Waals surface area contributed by atoms with E-state index >= 15 is 0 Å². The van der Waals surface area contributed by atoms with Crippen LogP contribution in [-0.2, 0) is 5.41 Å². The van der Waals surface area contributed by atoms with Crippen LogP contribution in [0.5, 0.6) is 5.75 Å². The van der Waals surface area contributed by atoms with Crippen molar-refractivity contribution in [1.29, 1.82) is 5.26 Å². The lowest BCUT2D eigenvalue weighted by molar-refractivity contribution is 0.0582. The van der Waals surface area contributed by atoms with Crippen molar-refractivity contribution in [2.75, 3.05) is 11.9 Å². The summed E-state index contributed by atoms with van der Waals surface area (Å²) in [6.07, 6.45) is 7.58. The predicted molar refractivity (Wildman–Crippen MR) is 101 cm³/mol. The van der Waals surface area contributed by atoms with E-state index in [9.17, 15) is 0 Å². The zero-order valence-electron chi connectivity index (χ0n) is 14.7. The van der Waals surface area contributed by atoms with E-state index in [1.54, 1.807) is 6.08 Å². The topological polar surface area (TPSA) is 36.3 Å².